The van der Waals surface area contributed by atoms with Gasteiger partial charge < -0.3 is 4.90 Å². The number of halogens is 1. The highest BCUT2D eigenvalue weighted by Gasteiger charge is 2.16. The van der Waals surface area contributed by atoms with Gasteiger partial charge in [-0.25, -0.2) is 4.39 Å². The quantitative estimate of drug-likeness (QED) is 0.798. The van der Waals surface area contributed by atoms with Gasteiger partial charge in [-0.3, -0.25) is 9.78 Å². The zero-order valence-electron chi connectivity index (χ0n) is 12.8. The third kappa shape index (κ3) is 3.75. The summed E-state index contributed by atoms with van der Waals surface area (Å²) in [5, 5.41) is 0. The molecular formula is C19H17FN2O. The number of carbonyl (C=O) groups is 1. The number of nitrogens with zero attached hydrogens (tertiary/aromatic N) is 2. The van der Waals surface area contributed by atoms with Crippen molar-refractivity contribution in [2.45, 2.75) is 19.3 Å². The Morgan fingerprint density at radius 3 is 2.78 bits per heavy atom. The SMILES string of the molecule is O=C1CCCCN1CC#Cc1ccc(-c2ccccc2F)nc1. The molecule has 1 aliphatic rings. The number of benzene rings is 1. The lowest BCUT2D eigenvalue weighted by molar-refractivity contribution is -0.132. The van der Waals surface area contributed by atoms with Crippen LogP contribution in [-0.2, 0) is 4.79 Å². The molecule has 0 aliphatic carbocycles. The van der Waals surface area contributed by atoms with E-state index in [9.17, 15) is 9.18 Å². The fourth-order valence-electron chi connectivity index (χ4n) is 2.56. The summed E-state index contributed by atoms with van der Waals surface area (Å²) in [4.78, 5) is 17.7. The number of piperidine rings is 1. The number of pyridine rings is 1. The highest BCUT2D eigenvalue weighted by atomic mass is 19.1. The lowest BCUT2D eigenvalue weighted by atomic mass is 10.1. The molecule has 2 heterocycles. The van der Waals surface area contributed by atoms with E-state index in [4.69, 9.17) is 0 Å². The molecule has 1 aliphatic heterocycles. The van der Waals surface area contributed by atoms with Crippen LogP contribution in [0.4, 0.5) is 4.39 Å². The number of hydrogen-bond donors (Lipinski definition) is 0. The van der Waals surface area contributed by atoms with Crippen molar-refractivity contribution >= 4 is 5.91 Å². The van der Waals surface area contributed by atoms with Crippen LogP contribution in [0.1, 0.15) is 24.8 Å². The molecule has 1 amide bonds. The summed E-state index contributed by atoms with van der Waals surface area (Å²) in [6.07, 6.45) is 4.28. The van der Waals surface area contributed by atoms with Gasteiger partial charge in [-0.2, -0.15) is 0 Å². The van der Waals surface area contributed by atoms with Crippen LogP contribution in [0.25, 0.3) is 11.3 Å². The Labute approximate surface area is 135 Å². The van der Waals surface area contributed by atoms with Crippen molar-refractivity contribution < 1.29 is 9.18 Å². The molecule has 1 saturated heterocycles. The predicted octanol–water partition coefficient (Wildman–Crippen LogP) is 3.25. The van der Waals surface area contributed by atoms with Gasteiger partial charge in [-0.1, -0.05) is 24.0 Å². The Hall–Kier alpha value is -2.67. The number of hydrogen-bond acceptors (Lipinski definition) is 2. The van der Waals surface area contributed by atoms with E-state index in [-0.39, 0.29) is 11.7 Å². The average Bonchev–Trinajstić information content (AvgIpc) is 2.58. The summed E-state index contributed by atoms with van der Waals surface area (Å²) >= 11 is 0. The Kier molecular flexibility index (Phi) is 4.68. The highest BCUT2D eigenvalue weighted by Crippen LogP contribution is 2.20. The summed E-state index contributed by atoms with van der Waals surface area (Å²) < 4.78 is 13.7. The zero-order chi connectivity index (χ0) is 16.1. The minimum atomic E-state index is -0.289. The highest BCUT2D eigenvalue weighted by molar-refractivity contribution is 5.77. The molecule has 4 heteroatoms. The lowest BCUT2D eigenvalue weighted by Crippen LogP contribution is -2.35. The molecule has 0 unspecified atom stereocenters. The Morgan fingerprint density at radius 1 is 1.17 bits per heavy atom. The van der Waals surface area contributed by atoms with Crippen molar-refractivity contribution in [3.8, 4) is 23.1 Å². The Morgan fingerprint density at radius 2 is 2.04 bits per heavy atom. The van der Waals surface area contributed by atoms with E-state index in [1.54, 1.807) is 35.4 Å². The van der Waals surface area contributed by atoms with Gasteiger partial charge in [-0.15, -0.1) is 0 Å². The first-order valence-corrected chi connectivity index (χ1v) is 7.71. The largest absolute Gasteiger partial charge is 0.332 e. The molecule has 0 radical (unpaired) electrons. The van der Waals surface area contributed by atoms with Crippen molar-refractivity contribution in [2.24, 2.45) is 0 Å². The van der Waals surface area contributed by atoms with Gasteiger partial charge in [0.1, 0.15) is 5.82 Å². The molecule has 0 N–H and O–H groups in total. The van der Waals surface area contributed by atoms with Crippen LogP contribution in [0.15, 0.2) is 42.6 Å². The van der Waals surface area contributed by atoms with Crippen LogP contribution in [-0.4, -0.2) is 28.9 Å². The van der Waals surface area contributed by atoms with E-state index in [0.29, 0.717) is 24.2 Å². The first-order valence-electron chi connectivity index (χ1n) is 7.71. The molecule has 3 rings (SSSR count). The minimum absolute atomic E-state index is 0.179. The molecule has 0 bridgehead atoms. The van der Waals surface area contributed by atoms with E-state index in [0.717, 1.165) is 24.9 Å². The van der Waals surface area contributed by atoms with E-state index in [1.165, 1.54) is 6.07 Å². The van der Waals surface area contributed by atoms with Crippen molar-refractivity contribution in [1.82, 2.24) is 9.88 Å². The molecule has 0 spiro atoms. The molecule has 0 saturated carbocycles. The third-order valence-corrected chi connectivity index (χ3v) is 3.84. The zero-order valence-corrected chi connectivity index (χ0v) is 12.8. The monoisotopic (exact) mass is 308 g/mol. The number of rotatable bonds is 2. The van der Waals surface area contributed by atoms with Crippen molar-refractivity contribution in [3.05, 3.63) is 54.0 Å². The topological polar surface area (TPSA) is 33.2 Å². The summed E-state index contributed by atoms with van der Waals surface area (Å²) in [5.74, 6) is 5.91. The second-order valence-electron chi connectivity index (χ2n) is 5.49. The van der Waals surface area contributed by atoms with Crippen LogP contribution in [0, 0.1) is 17.7 Å². The van der Waals surface area contributed by atoms with Crippen molar-refractivity contribution in [3.63, 3.8) is 0 Å². The molecule has 3 nitrogen and oxygen atoms in total. The van der Waals surface area contributed by atoms with Crippen LogP contribution in [0.5, 0.6) is 0 Å². The molecule has 1 fully saturated rings. The van der Waals surface area contributed by atoms with Gasteiger partial charge in [0, 0.05) is 30.3 Å². The van der Waals surface area contributed by atoms with Gasteiger partial charge >= 0.3 is 0 Å². The molecule has 0 atom stereocenters. The maximum absolute atomic E-state index is 13.7. The minimum Gasteiger partial charge on any atom is -0.332 e. The maximum atomic E-state index is 13.7. The fourth-order valence-corrected chi connectivity index (χ4v) is 2.56. The Balaban J connectivity index is 1.68. The smallest absolute Gasteiger partial charge is 0.223 e. The maximum Gasteiger partial charge on any atom is 0.223 e. The van der Waals surface area contributed by atoms with Crippen LogP contribution >= 0.6 is 0 Å². The fraction of sp³-hybridized carbons (Fsp3) is 0.263. The molecule has 116 valence electrons. The van der Waals surface area contributed by atoms with E-state index < -0.39 is 0 Å². The number of amides is 1. The molecule has 1 aromatic carbocycles. The second kappa shape index (κ2) is 7.06. The summed E-state index contributed by atoms with van der Waals surface area (Å²) in [5.41, 5.74) is 1.82. The van der Waals surface area contributed by atoms with Gasteiger partial charge in [-0.05, 0) is 37.1 Å². The predicted molar refractivity (Wildman–Crippen MR) is 86.9 cm³/mol. The first kappa shape index (κ1) is 15.2. The van der Waals surface area contributed by atoms with Crippen LogP contribution in [0.3, 0.4) is 0 Å². The first-order chi connectivity index (χ1) is 11.2. The number of aromatic nitrogens is 1. The van der Waals surface area contributed by atoms with Crippen LogP contribution < -0.4 is 0 Å². The van der Waals surface area contributed by atoms with E-state index >= 15 is 0 Å². The molecular weight excluding hydrogens is 291 g/mol. The number of carbonyl (C=O) groups excluding carboxylic acids is 1. The van der Waals surface area contributed by atoms with Crippen LogP contribution in [0.2, 0.25) is 0 Å². The average molecular weight is 308 g/mol. The van der Waals surface area contributed by atoms with Gasteiger partial charge in [0.2, 0.25) is 5.91 Å². The molecule has 23 heavy (non-hydrogen) atoms. The molecule has 1 aromatic heterocycles. The Bertz CT molecular complexity index is 759. The summed E-state index contributed by atoms with van der Waals surface area (Å²) in [7, 11) is 0. The van der Waals surface area contributed by atoms with E-state index in [1.807, 2.05) is 6.07 Å². The summed E-state index contributed by atoms with van der Waals surface area (Å²) in [6, 6.07) is 10.1. The normalized spacial score (nSPS) is 14.3. The summed E-state index contributed by atoms with van der Waals surface area (Å²) in [6.45, 7) is 1.24. The standard InChI is InChI=1S/C19H17FN2O/c20-17-8-2-1-7-16(17)18-11-10-15(14-21-18)6-5-13-22-12-4-3-9-19(22)23/h1-2,7-8,10-11,14H,3-4,9,12-13H2. The van der Waals surface area contributed by atoms with E-state index in [2.05, 4.69) is 16.8 Å². The molecule has 2 aromatic rings. The van der Waals surface area contributed by atoms with Crippen molar-refractivity contribution in [1.29, 1.82) is 0 Å². The third-order valence-electron chi connectivity index (χ3n) is 3.84. The van der Waals surface area contributed by atoms with Crippen molar-refractivity contribution in [2.75, 3.05) is 13.1 Å². The van der Waals surface area contributed by atoms with Gasteiger partial charge in [0.15, 0.2) is 0 Å². The van der Waals surface area contributed by atoms with Gasteiger partial charge in [0.25, 0.3) is 0 Å². The lowest BCUT2D eigenvalue weighted by Gasteiger charge is -2.24. The number of likely N-dealkylation sites (tertiary alicyclic amines) is 1. The van der Waals surface area contributed by atoms with Gasteiger partial charge in [0.05, 0.1) is 12.2 Å². The second-order valence-corrected chi connectivity index (χ2v) is 5.49.